The maximum absolute atomic E-state index is 6.49. The van der Waals surface area contributed by atoms with Crippen LogP contribution in [0.3, 0.4) is 0 Å². The van der Waals surface area contributed by atoms with E-state index in [0.29, 0.717) is 5.92 Å². The first-order valence-electron chi connectivity index (χ1n) is 7.25. The molecule has 3 rings (SSSR count). The van der Waals surface area contributed by atoms with Crippen molar-refractivity contribution in [2.75, 3.05) is 13.2 Å². The Hall–Kier alpha value is -0.860. The minimum Gasteiger partial charge on any atom is -0.381 e. The molecular formula is C16H23NO. The van der Waals surface area contributed by atoms with Gasteiger partial charge in [0.25, 0.3) is 0 Å². The molecule has 98 valence electrons. The zero-order valence-corrected chi connectivity index (χ0v) is 11.0. The first-order chi connectivity index (χ1) is 8.78. The van der Waals surface area contributed by atoms with Crippen LogP contribution in [-0.4, -0.2) is 13.2 Å². The van der Waals surface area contributed by atoms with Gasteiger partial charge >= 0.3 is 0 Å². The molecule has 1 aliphatic heterocycles. The predicted molar refractivity (Wildman–Crippen MR) is 73.6 cm³/mol. The Morgan fingerprint density at radius 3 is 2.22 bits per heavy atom. The Bertz CT molecular complexity index is 386. The third kappa shape index (κ3) is 2.32. The van der Waals surface area contributed by atoms with Crippen molar-refractivity contribution in [1.29, 1.82) is 0 Å². The fourth-order valence-corrected chi connectivity index (χ4v) is 3.41. The van der Waals surface area contributed by atoms with Crippen molar-refractivity contribution in [3.8, 4) is 0 Å². The Morgan fingerprint density at radius 2 is 1.61 bits per heavy atom. The lowest BCUT2D eigenvalue weighted by molar-refractivity contribution is 0.0853. The molecule has 2 heteroatoms. The molecule has 1 saturated heterocycles. The van der Waals surface area contributed by atoms with Crippen LogP contribution in [0.1, 0.15) is 55.6 Å². The van der Waals surface area contributed by atoms with E-state index in [-0.39, 0.29) is 5.54 Å². The van der Waals surface area contributed by atoms with Crippen molar-refractivity contribution in [3.05, 3.63) is 35.4 Å². The van der Waals surface area contributed by atoms with Crippen LogP contribution in [-0.2, 0) is 10.3 Å². The number of hydrogen-bond acceptors (Lipinski definition) is 2. The summed E-state index contributed by atoms with van der Waals surface area (Å²) in [5, 5.41) is 0. The number of benzene rings is 1. The van der Waals surface area contributed by atoms with Crippen LogP contribution in [0.15, 0.2) is 24.3 Å². The van der Waals surface area contributed by atoms with E-state index < -0.39 is 0 Å². The molecular weight excluding hydrogens is 222 g/mol. The molecule has 0 radical (unpaired) electrons. The molecule has 1 aromatic rings. The molecule has 0 atom stereocenters. The van der Waals surface area contributed by atoms with Gasteiger partial charge in [0.1, 0.15) is 0 Å². The second kappa shape index (κ2) is 5.02. The van der Waals surface area contributed by atoms with Crippen LogP contribution in [0, 0.1) is 0 Å². The molecule has 1 heterocycles. The molecule has 2 nitrogen and oxygen atoms in total. The third-order valence-corrected chi connectivity index (χ3v) is 4.67. The van der Waals surface area contributed by atoms with Crippen molar-refractivity contribution in [1.82, 2.24) is 0 Å². The molecule has 0 unspecified atom stereocenters. The quantitative estimate of drug-likeness (QED) is 0.867. The number of ether oxygens (including phenoxy) is 1. The van der Waals surface area contributed by atoms with Crippen LogP contribution in [0.4, 0.5) is 0 Å². The molecule has 0 aromatic heterocycles. The average molecular weight is 245 g/mol. The Labute approximate surface area is 110 Å². The van der Waals surface area contributed by atoms with E-state index in [0.717, 1.165) is 38.9 Å². The van der Waals surface area contributed by atoms with E-state index in [9.17, 15) is 0 Å². The predicted octanol–water partition coefficient (Wildman–Crippen LogP) is 3.31. The fraction of sp³-hybridized carbons (Fsp3) is 0.625. The normalized spacial score (nSPS) is 24.3. The molecule has 1 aliphatic carbocycles. The summed E-state index contributed by atoms with van der Waals surface area (Å²) >= 11 is 0. The van der Waals surface area contributed by atoms with Gasteiger partial charge in [0.05, 0.1) is 0 Å². The fourth-order valence-electron chi connectivity index (χ4n) is 3.41. The van der Waals surface area contributed by atoms with Crippen molar-refractivity contribution in [2.24, 2.45) is 5.73 Å². The molecule has 2 aliphatic rings. The van der Waals surface area contributed by atoms with Gasteiger partial charge in [0, 0.05) is 18.8 Å². The SMILES string of the molecule is NC1(c2ccc(C3CCOCC3)cc2)CCCC1. The van der Waals surface area contributed by atoms with Gasteiger partial charge in [-0.05, 0) is 42.7 Å². The number of nitrogens with two attached hydrogens (primary N) is 1. The van der Waals surface area contributed by atoms with Crippen LogP contribution < -0.4 is 5.73 Å². The second-order valence-corrected chi connectivity index (χ2v) is 5.87. The maximum Gasteiger partial charge on any atom is 0.0471 e. The van der Waals surface area contributed by atoms with Gasteiger partial charge in [0.2, 0.25) is 0 Å². The molecule has 1 saturated carbocycles. The molecule has 0 spiro atoms. The van der Waals surface area contributed by atoms with Gasteiger partial charge in [0.15, 0.2) is 0 Å². The van der Waals surface area contributed by atoms with Crippen molar-refractivity contribution >= 4 is 0 Å². The summed E-state index contributed by atoms with van der Waals surface area (Å²) in [5.74, 6) is 0.685. The summed E-state index contributed by atoms with van der Waals surface area (Å²) in [5.41, 5.74) is 9.23. The van der Waals surface area contributed by atoms with Crippen molar-refractivity contribution in [2.45, 2.75) is 50.0 Å². The first-order valence-corrected chi connectivity index (χ1v) is 7.25. The van der Waals surface area contributed by atoms with Crippen molar-refractivity contribution in [3.63, 3.8) is 0 Å². The van der Waals surface area contributed by atoms with E-state index in [4.69, 9.17) is 10.5 Å². The monoisotopic (exact) mass is 245 g/mol. The summed E-state index contributed by atoms with van der Waals surface area (Å²) < 4.78 is 5.42. The molecule has 0 amide bonds. The zero-order chi connectivity index (χ0) is 12.4. The van der Waals surface area contributed by atoms with E-state index in [2.05, 4.69) is 24.3 Å². The van der Waals surface area contributed by atoms with Gasteiger partial charge < -0.3 is 10.5 Å². The van der Waals surface area contributed by atoms with Gasteiger partial charge in [-0.25, -0.2) is 0 Å². The Kier molecular flexibility index (Phi) is 3.40. The lowest BCUT2D eigenvalue weighted by Crippen LogP contribution is -2.33. The third-order valence-electron chi connectivity index (χ3n) is 4.67. The van der Waals surface area contributed by atoms with Gasteiger partial charge in [-0.3, -0.25) is 0 Å². The summed E-state index contributed by atoms with van der Waals surface area (Å²) in [7, 11) is 0. The highest BCUT2D eigenvalue weighted by atomic mass is 16.5. The smallest absolute Gasteiger partial charge is 0.0471 e. The molecule has 2 N–H and O–H groups in total. The Morgan fingerprint density at radius 1 is 1.00 bits per heavy atom. The topological polar surface area (TPSA) is 35.2 Å². The zero-order valence-electron chi connectivity index (χ0n) is 11.0. The van der Waals surface area contributed by atoms with Crippen LogP contribution in [0.25, 0.3) is 0 Å². The van der Waals surface area contributed by atoms with Gasteiger partial charge in [-0.1, -0.05) is 37.1 Å². The van der Waals surface area contributed by atoms with Gasteiger partial charge in [-0.2, -0.15) is 0 Å². The maximum atomic E-state index is 6.49. The molecule has 2 fully saturated rings. The number of rotatable bonds is 2. The molecule has 0 bridgehead atoms. The summed E-state index contributed by atoms with van der Waals surface area (Å²) in [6.07, 6.45) is 7.16. The molecule has 1 aromatic carbocycles. The van der Waals surface area contributed by atoms with Crippen molar-refractivity contribution < 1.29 is 4.74 Å². The van der Waals surface area contributed by atoms with Crippen LogP contribution in [0.5, 0.6) is 0 Å². The highest BCUT2D eigenvalue weighted by Gasteiger charge is 2.31. The van der Waals surface area contributed by atoms with E-state index in [1.807, 2.05) is 0 Å². The minimum absolute atomic E-state index is 0.0474. The molecule has 18 heavy (non-hydrogen) atoms. The lowest BCUT2D eigenvalue weighted by Gasteiger charge is -2.26. The van der Waals surface area contributed by atoms with E-state index in [1.54, 1.807) is 0 Å². The van der Waals surface area contributed by atoms with E-state index in [1.165, 1.54) is 24.0 Å². The standard InChI is InChI=1S/C16H23NO/c17-16(9-1-2-10-16)15-5-3-13(4-6-15)14-7-11-18-12-8-14/h3-6,14H,1-2,7-12,17H2. The number of hydrogen-bond donors (Lipinski definition) is 1. The lowest BCUT2D eigenvalue weighted by atomic mass is 9.86. The summed E-state index contributed by atoms with van der Waals surface area (Å²) in [6, 6.07) is 9.10. The summed E-state index contributed by atoms with van der Waals surface area (Å²) in [4.78, 5) is 0. The largest absolute Gasteiger partial charge is 0.381 e. The van der Waals surface area contributed by atoms with Crippen LogP contribution >= 0.6 is 0 Å². The second-order valence-electron chi connectivity index (χ2n) is 5.87. The minimum atomic E-state index is -0.0474. The highest BCUT2D eigenvalue weighted by molar-refractivity contribution is 5.31. The van der Waals surface area contributed by atoms with Gasteiger partial charge in [-0.15, -0.1) is 0 Å². The highest BCUT2D eigenvalue weighted by Crippen LogP contribution is 2.37. The average Bonchev–Trinajstić information content (AvgIpc) is 2.88. The van der Waals surface area contributed by atoms with E-state index >= 15 is 0 Å². The summed E-state index contributed by atoms with van der Waals surface area (Å²) in [6.45, 7) is 1.82. The Balaban J connectivity index is 1.76. The first kappa shape index (κ1) is 12.2. The van der Waals surface area contributed by atoms with Crippen LogP contribution in [0.2, 0.25) is 0 Å².